The summed E-state index contributed by atoms with van der Waals surface area (Å²) in [6.45, 7) is 0. The number of hydrogen-bond donors (Lipinski definition) is 1. The van der Waals surface area contributed by atoms with Gasteiger partial charge in [0.25, 0.3) is 0 Å². The van der Waals surface area contributed by atoms with E-state index in [4.69, 9.17) is 5.73 Å². The number of benzene rings is 2. The van der Waals surface area contributed by atoms with Crippen molar-refractivity contribution < 1.29 is 4.39 Å². The van der Waals surface area contributed by atoms with E-state index in [9.17, 15) is 4.39 Å². The molecule has 0 spiro atoms. The Morgan fingerprint density at radius 2 is 1.78 bits per heavy atom. The first kappa shape index (κ1) is 12.8. The Labute approximate surface area is 107 Å². The Morgan fingerprint density at radius 3 is 2.50 bits per heavy atom. The molecule has 94 valence electrons. The fraction of sp³-hybridized carbons (Fsp3) is 0.250. The highest BCUT2D eigenvalue weighted by atomic mass is 19.1. The van der Waals surface area contributed by atoms with Gasteiger partial charge in [0.15, 0.2) is 0 Å². The Hall–Kier alpha value is -1.67. The zero-order valence-electron chi connectivity index (χ0n) is 10.4. The molecule has 0 saturated carbocycles. The number of halogens is 1. The maximum absolute atomic E-state index is 13.1. The molecule has 1 atom stereocenters. The van der Waals surface area contributed by atoms with Crippen molar-refractivity contribution in [3.8, 4) is 0 Å². The summed E-state index contributed by atoms with van der Waals surface area (Å²) in [4.78, 5) is 0. The molecule has 1 nitrogen and oxygen atoms in total. The van der Waals surface area contributed by atoms with Crippen molar-refractivity contribution in [1.82, 2.24) is 0 Å². The van der Waals surface area contributed by atoms with Crippen molar-refractivity contribution in [3.05, 3.63) is 71.5 Å². The zero-order valence-corrected chi connectivity index (χ0v) is 10.4. The van der Waals surface area contributed by atoms with E-state index < -0.39 is 0 Å². The van der Waals surface area contributed by atoms with Gasteiger partial charge in [-0.15, -0.1) is 0 Å². The van der Waals surface area contributed by atoms with Crippen LogP contribution in [0, 0.1) is 5.82 Å². The molecule has 0 aromatic heterocycles. The average molecular weight is 243 g/mol. The molecule has 0 aliphatic carbocycles. The van der Waals surface area contributed by atoms with Crippen LogP contribution in [-0.2, 0) is 6.42 Å². The Balaban J connectivity index is 1.83. The number of nitrogens with two attached hydrogens (primary N) is 1. The van der Waals surface area contributed by atoms with Gasteiger partial charge in [0, 0.05) is 6.04 Å². The topological polar surface area (TPSA) is 26.0 Å². The lowest BCUT2D eigenvalue weighted by molar-refractivity contribution is 0.593. The van der Waals surface area contributed by atoms with E-state index in [2.05, 4.69) is 12.1 Å². The van der Waals surface area contributed by atoms with Crippen LogP contribution >= 0.6 is 0 Å². The van der Waals surface area contributed by atoms with Gasteiger partial charge < -0.3 is 5.73 Å². The highest BCUT2D eigenvalue weighted by molar-refractivity contribution is 5.20. The van der Waals surface area contributed by atoms with Gasteiger partial charge in [0.1, 0.15) is 5.82 Å². The third-order valence-electron chi connectivity index (χ3n) is 3.10. The summed E-state index contributed by atoms with van der Waals surface area (Å²) in [7, 11) is 0. The standard InChI is InChI=1S/C16H18FN/c17-15-10-5-9-14(12-15)16(18)11-4-8-13-6-2-1-3-7-13/h1-3,5-7,9-10,12,16H,4,8,11,18H2. The summed E-state index contributed by atoms with van der Waals surface area (Å²) >= 11 is 0. The largest absolute Gasteiger partial charge is 0.324 e. The van der Waals surface area contributed by atoms with Gasteiger partial charge in [0.05, 0.1) is 0 Å². The van der Waals surface area contributed by atoms with Crippen LogP contribution in [0.15, 0.2) is 54.6 Å². The summed E-state index contributed by atoms with van der Waals surface area (Å²) in [6, 6.07) is 16.8. The van der Waals surface area contributed by atoms with E-state index in [-0.39, 0.29) is 11.9 Å². The molecule has 2 aromatic carbocycles. The third-order valence-corrected chi connectivity index (χ3v) is 3.10. The lowest BCUT2D eigenvalue weighted by atomic mass is 10.00. The van der Waals surface area contributed by atoms with Gasteiger partial charge in [-0.2, -0.15) is 0 Å². The zero-order chi connectivity index (χ0) is 12.8. The van der Waals surface area contributed by atoms with Crippen LogP contribution in [0.2, 0.25) is 0 Å². The molecule has 2 heteroatoms. The van der Waals surface area contributed by atoms with Crippen LogP contribution in [0.25, 0.3) is 0 Å². The van der Waals surface area contributed by atoms with Crippen molar-refractivity contribution in [1.29, 1.82) is 0 Å². The second-order valence-corrected chi connectivity index (χ2v) is 4.54. The molecule has 1 unspecified atom stereocenters. The summed E-state index contributed by atoms with van der Waals surface area (Å²) < 4.78 is 13.1. The molecule has 0 aliphatic rings. The minimum atomic E-state index is -0.217. The van der Waals surface area contributed by atoms with Crippen LogP contribution < -0.4 is 5.73 Å². The first-order valence-electron chi connectivity index (χ1n) is 6.30. The van der Waals surface area contributed by atoms with Crippen LogP contribution in [-0.4, -0.2) is 0 Å². The highest BCUT2D eigenvalue weighted by Gasteiger charge is 2.06. The molecular weight excluding hydrogens is 225 g/mol. The minimum absolute atomic E-state index is 0.0792. The lowest BCUT2D eigenvalue weighted by Crippen LogP contribution is -2.10. The fourth-order valence-corrected chi connectivity index (χ4v) is 2.07. The molecule has 2 rings (SSSR count). The summed E-state index contributed by atoms with van der Waals surface area (Å²) in [5.41, 5.74) is 8.26. The summed E-state index contributed by atoms with van der Waals surface area (Å²) in [5, 5.41) is 0. The molecular formula is C16H18FN. The van der Waals surface area contributed by atoms with Gasteiger partial charge in [-0.25, -0.2) is 4.39 Å². The van der Waals surface area contributed by atoms with E-state index >= 15 is 0 Å². The second kappa shape index (κ2) is 6.31. The van der Waals surface area contributed by atoms with Crippen LogP contribution in [0.5, 0.6) is 0 Å². The summed E-state index contributed by atoms with van der Waals surface area (Å²) in [6.07, 6.45) is 2.91. The SMILES string of the molecule is NC(CCCc1ccccc1)c1cccc(F)c1. The van der Waals surface area contributed by atoms with Crippen molar-refractivity contribution in [2.24, 2.45) is 5.73 Å². The molecule has 0 amide bonds. The maximum Gasteiger partial charge on any atom is 0.123 e. The third kappa shape index (κ3) is 3.67. The molecule has 2 aromatic rings. The van der Waals surface area contributed by atoms with Crippen LogP contribution in [0.4, 0.5) is 4.39 Å². The molecule has 0 bridgehead atoms. The predicted octanol–water partition coefficient (Wildman–Crippen LogP) is 3.85. The number of hydrogen-bond acceptors (Lipinski definition) is 1. The smallest absolute Gasteiger partial charge is 0.123 e. The quantitative estimate of drug-likeness (QED) is 0.848. The van der Waals surface area contributed by atoms with Crippen molar-refractivity contribution in [2.75, 3.05) is 0 Å². The molecule has 18 heavy (non-hydrogen) atoms. The highest BCUT2D eigenvalue weighted by Crippen LogP contribution is 2.18. The first-order chi connectivity index (χ1) is 8.75. The van der Waals surface area contributed by atoms with Gasteiger partial charge in [-0.1, -0.05) is 42.5 Å². The van der Waals surface area contributed by atoms with E-state index in [0.717, 1.165) is 24.8 Å². The van der Waals surface area contributed by atoms with Crippen molar-refractivity contribution in [2.45, 2.75) is 25.3 Å². The van der Waals surface area contributed by atoms with E-state index in [1.807, 2.05) is 24.3 Å². The summed E-state index contributed by atoms with van der Waals surface area (Å²) in [5.74, 6) is -0.217. The second-order valence-electron chi connectivity index (χ2n) is 4.54. The molecule has 0 saturated heterocycles. The monoisotopic (exact) mass is 243 g/mol. The van der Waals surface area contributed by atoms with Gasteiger partial charge in [-0.3, -0.25) is 0 Å². The lowest BCUT2D eigenvalue weighted by Gasteiger charge is -2.11. The van der Waals surface area contributed by atoms with Crippen molar-refractivity contribution >= 4 is 0 Å². The predicted molar refractivity (Wildman–Crippen MR) is 72.7 cm³/mol. The van der Waals surface area contributed by atoms with Gasteiger partial charge in [0.2, 0.25) is 0 Å². The maximum atomic E-state index is 13.1. The fourth-order valence-electron chi connectivity index (χ4n) is 2.07. The molecule has 2 N–H and O–H groups in total. The molecule has 0 radical (unpaired) electrons. The average Bonchev–Trinajstić information content (AvgIpc) is 2.40. The van der Waals surface area contributed by atoms with Crippen LogP contribution in [0.3, 0.4) is 0 Å². The molecule has 0 heterocycles. The van der Waals surface area contributed by atoms with Crippen LogP contribution in [0.1, 0.15) is 30.0 Å². The van der Waals surface area contributed by atoms with E-state index in [1.54, 1.807) is 6.07 Å². The normalized spacial score (nSPS) is 12.3. The van der Waals surface area contributed by atoms with Crippen molar-refractivity contribution in [3.63, 3.8) is 0 Å². The molecule has 0 aliphatic heterocycles. The van der Waals surface area contributed by atoms with Gasteiger partial charge >= 0.3 is 0 Å². The van der Waals surface area contributed by atoms with E-state index in [0.29, 0.717) is 0 Å². The number of aryl methyl sites for hydroxylation is 1. The molecule has 0 fully saturated rings. The van der Waals surface area contributed by atoms with E-state index in [1.165, 1.54) is 17.7 Å². The first-order valence-corrected chi connectivity index (χ1v) is 6.30. The Morgan fingerprint density at radius 1 is 1.00 bits per heavy atom. The van der Waals surface area contributed by atoms with Gasteiger partial charge in [-0.05, 0) is 42.5 Å². The Bertz CT molecular complexity index is 481. The Kier molecular flexibility index (Phi) is 4.48. The number of rotatable bonds is 5. The minimum Gasteiger partial charge on any atom is -0.324 e.